The number of likely N-dealkylation sites (N-methyl/N-ethyl adjacent to an activating group) is 1. The van der Waals surface area contributed by atoms with Crippen molar-refractivity contribution in [2.24, 2.45) is 5.73 Å². The van der Waals surface area contributed by atoms with Gasteiger partial charge in [0.1, 0.15) is 0 Å². The topological polar surface area (TPSA) is 75.8 Å². The van der Waals surface area contributed by atoms with E-state index < -0.39 is 11.5 Å². The summed E-state index contributed by atoms with van der Waals surface area (Å²) in [6, 6.07) is 8.99. The lowest BCUT2D eigenvalue weighted by molar-refractivity contribution is -0.144. The first-order valence-electron chi connectivity index (χ1n) is 6.18. The van der Waals surface area contributed by atoms with Gasteiger partial charge in [-0.25, -0.2) is 4.79 Å². The molecule has 5 heteroatoms. The number of hydrogen-bond acceptors (Lipinski definition) is 4. The maximum atomic E-state index is 11.6. The summed E-state index contributed by atoms with van der Waals surface area (Å²) in [6.07, 6.45) is 0. The van der Waals surface area contributed by atoms with E-state index in [0.717, 1.165) is 0 Å². The number of nitrogens with two attached hydrogens (primary N) is 1. The minimum absolute atomic E-state index is 0.0935. The normalized spacial score (nSPS) is 16.1. The van der Waals surface area contributed by atoms with E-state index in [9.17, 15) is 9.90 Å². The Morgan fingerprint density at radius 3 is 2.53 bits per heavy atom. The van der Waals surface area contributed by atoms with Crippen LogP contribution in [-0.4, -0.2) is 49.3 Å². The Balaban J connectivity index is 2.93. The van der Waals surface area contributed by atoms with Gasteiger partial charge in [0.2, 0.25) is 0 Å². The minimum atomic E-state index is -1.42. The number of aliphatic carboxylic acids is 1. The zero-order valence-electron chi connectivity index (χ0n) is 11.7. The van der Waals surface area contributed by atoms with E-state index in [-0.39, 0.29) is 12.6 Å². The number of methoxy groups -OCH3 is 1. The third-order valence-electron chi connectivity index (χ3n) is 3.33. The van der Waals surface area contributed by atoms with Crippen molar-refractivity contribution in [2.75, 3.05) is 27.3 Å². The second kappa shape index (κ2) is 6.65. The number of hydrogen-bond donors (Lipinski definition) is 2. The lowest BCUT2D eigenvalue weighted by Crippen LogP contribution is -2.54. The van der Waals surface area contributed by atoms with Gasteiger partial charge in [0, 0.05) is 19.7 Å². The van der Waals surface area contributed by atoms with Crippen LogP contribution >= 0.6 is 0 Å². The Bertz CT molecular complexity index is 410. The van der Waals surface area contributed by atoms with Gasteiger partial charge in [-0.15, -0.1) is 0 Å². The van der Waals surface area contributed by atoms with Gasteiger partial charge in [0.25, 0.3) is 0 Å². The number of benzene rings is 1. The highest BCUT2D eigenvalue weighted by atomic mass is 16.5. The van der Waals surface area contributed by atoms with E-state index >= 15 is 0 Å². The zero-order valence-corrected chi connectivity index (χ0v) is 11.7. The molecule has 2 atom stereocenters. The van der Waals surface area contributed by atoms with Gasteiger partial charge in [-0.1, -0.05) is 30.3 Å². The van der Waals surface area contributed by atoms with Crippen LogP contribution < -0.4 is 5.73 Å². The van der Waals surface area contributed by atoms with E-state index in [0.29, 0.717) is 12.2 Å². The van der Waals surface area contributed by atoms with Crippen LogP contribution in [0.15, 0.2) is 30.3 Å². The number of carboxylic acids is 1. The highest BCUT2D eigenvalue weighted by Gasteiger charge is 2.37. The van der Waals surface area contributed by atoms with Crippen molar-refractivity contribution in [3.8, 4) is 0 Å². The standard InChI is InChI=1S/C14H22N2O3/c1-11(9-19-3)16(2)10-14(15,13(17)18)12-7-5-4-6-8-12/h4-8,11H,9-10,15H2,1-3H3,(H,17,18). The summed E-state index contributed by atoms with van der Waals surface area (Å²) < 4.78 is 5.08. The Labute approximate surface area is 114 Å². The van der Waals surface area contributed by atoms with Crippen LogP contribution in [0.2, 0.25) is 0 Å². The fraction of sp³-hybridized carbons (Fsp3) is 0.500. The zero-order chi connectivity index (χ0) is 14.5. The van der Waals surface area contributed by atoms with Crippen LogP contribution in [0.3, 0.4) is 0 Å². The third-order valence-corrected chi connectivity index (χ3v) is 3.33. The molecule has 0 saturated heterocycles. The van der Waals surface area contributed by atoms with Crippen LogP contribution in [0.1, 0.15) is 12.5 Å². The van der Waals surface area contributed by atoms with Crippen LogP contribution in [0, 0.1) is 0 Å². The molecule has 0 aliphatic carbocycles. The minimum Gasteiger partial charge on any atom is -0.480 e. The molecule has 19 heavy (non-hydrogen) atoms. The number of carbonyl (C=O) groups is 1. The van der Waals surface area contributed by atoms with Gasteiger partial charge in [-0.3, -0.25) is 4.90 Å². The molecule has 0 spiro atoms. The van der Waals surface area contributed by atoms with Crippen LogP contribution in [0.5, 0.6) is 0 Å². The fourth-order valence-electron chi connectivity index (χ4n) is 1.94. The van der Waals surface area contributed by atoms with E-state index in [2.05, 4.69) is 0 Å². The SMILES string of the molecule is COCC(C)N(C)CC(N)(C(=O)O)c1ccccc1. The molecular weight excluding hydrogens is 244 g/mol. The molecule has 1 aromatic rings. The Hall–Kier alpha value is -1.43. The maximum Gasteiger partial charge on any atom is 0.329 e. The molecular formula is C14H22N2O3. The summed E-state index contributed by atoms with van der Waals surface area (Å²) in [5.74, 6) is -1.03. The second-order valence-corrected chi connectivity index (χ2v) is 4.86. The van der Waals surface area contributed by atoms with Gasteiger partial charge in [0.05, 0.1) is 6.61 Å². The largest absolute Gasteiger partial charge is 0.480 e. The average molecular weight is 266 g/mol. The number of carboxylic acid groups (broad SMARTS) is 1. The Morgan fingerprint density at radius 2 is 2.05 bits per heavy atom. The molecule has 106 valence electrons. The number of rotatable bonds is 7. The highest BCUT2D eigenvalue weighted by Crippen LogP contribution is 2.20. The quantitative estimate of drug-likeness (QED) is 0.766. The van der Waals surface area contributed by atoms with E-state index in [4.69, 9.17) is 10.5 Å². The number of nitrogens with zero attached hydrogens (tertiary/aromatic N) is 1. The molecule has 0 bridgehead atoms. The molecule has 0 saturated carbocycles. The molecule has 0 fully saturated rings. The molecule has 2 unspecified atom stereocenters. The molecule has 0 aliphatic rings. The monoisotopic (exact) mass is 266 g/mol. The predicted molar refractivity (Wildman–Crippen MR) is 73.9 cm³/mol. The first-order valence-corrected chi connectivity index (χ1v) is 6.18. The summed E-state index contributed by atoms with van der Waals surface area (Å²) in [5.41, 5.74) is 5.29. The Kier molecular flexibility index (Phi) is 5.47. The van der Waals surface area contributed by atoms with Gasteiger partial charge < -0.3 is 15.6 Å². The molecule has 0 radical (unpaired) electrons. The molecule has 0 aromatic heterocycles. The van der Waals surface area contributed by atoms with Gasteiger partial charge in [-0.2, -0.15) is 0 Å². The van der Waals surface area contributed by atoms with Gasteiger partial charge >= 0.3 is 5.97 Å². The summed E-state index contributed by atoms with van der Waals surface area (Å²) in [5, 5.41) is 9.46. The van der Waals surface area contributed by atoms with Gasteiger partial charge in [-0.05, 0) is 19.5 Å². The first kappa shape index (κ1) is 15.6. The Morgan fingerprint density at radius 1 is 1.47 bits per heavy atom. The highest BCUT2D eigenvalue weighted by molar-refractivity contribution is 5.80. The van der Waals surface area contributed by atoms with Crippen LogP contribution in [0.4, 0.5) is 0 Å². The van der Waals surface area contributed by atoms with E-state index in [1.54, 1.807) is 31.4 Å². The van der Waals surface area contributed by atoms with E-state index in [1.165, 1.54) is 0 Å². The molecule has 0 aliphatic heterocycles. The molecule has 5 nitrogen and oxygen atoms in total. The van der Waals surface area contributed by atoms with Crippen molar-refractivity contribution >= 4 is 5.97 Å². The van der Waals surface area contributed by atoms with Crippen molar-refractivity contribution in [1.29, 1.82) is 0 Å². The van der Waals surface area contributed by atoms with Crippen molar-refractivity contribution in [3.05, 3.63) is 35.9 Å². The molecule has 0 heterocycles. The lowest BCUT2D eigenvalue weighted by atomic mass is 9.90. The maximum absolute atomic E-state index is 11.6. The molecule has 1 aromatic carbocycles. The third kappa shape index (κ3) is 3.76. The average Bonchev–Trinajstić information content (AvgIpc) is 2.39. The summed E-state index contributed by atoms with van der Waals surface area (Å²) >= 11 is 0. The van der Waals surface area contributed by atoms with Crippen molar-refractivity contribution in [2.45, 2.75) is 18.5 Å². The van der Waals surface area contributed by atoms with Crippen molar-refractivity contribution in [3.63, 3.8) is 0 Å². The van der Waals surface area contributed by atoms with Crippen molar-refractivity contribution < 1.29 is 14.6 Å². The molecule has 1 rings (SSSR count). The molecule has 0 amide bonds. The fourth-order valence-corrected chi connectivity index (χ4v) is 1.94. The number of ether oxygens (including phenoxy) is 1. The predicted octanol–water partition coefficient (Wildman–Crippen LogP) is 0.892. The lowest BCUT2D eigenvalue weighted by Gasteiger charge is -2.33. The summed E-state index contributed by atoms with van der Waals surface area (Å²) in [7, 11) is 3.46. The van der Waals surface area contributed by atoms with Gasteiger partial charge in [0.15, 0.2) is 5.54 Å². The van der Waals surface area contributed by atoms with Crippen molar-refractivity contribution in [1.82, 2.24) is 4.90 Å². The second-order valence-electron chi connectivity index (χ2n) is 4.86. The van der Waals surface area contributed by atoms with Crippen LogP contribution in [-0.2, 0) is 15.1 Å². The first-order chi connectivity index (χ1) is 8.91. The summed E-state index contributed by atoms with van der Waals surface area (Å²) in [6.45, 7) is 2.72. The molecule has 3 N–H and O–H groups in total. The van der Waals surface area contributed by atoms with Crippen LogP contribution in [0.25, 0.3) is 0 Å². The van der Waals surface area contributed by atoms with E-state index in [1.807, 2.05) is 24.9 Å². The smallest absolute Gasteiger partial charge is 0.329 e. The summed E-state index contributed by atoms with van der Waals surface area (Å²) in [4.78, 5) is 13.4.